The van der Waals surface area contributed by atoms with Crippen molar-refractivity contribution in [1.29, 1.82) is 0 Å². The summed E-state index contributed by atoms with van der Waals surface area (Å²) in [6, 6.07) is 14.3. The molecule has 1 aromatic carbocycles. The Morgan fingerprint density at radius 3 is 2.52 bits per heavy atom. The van der Waals surface area contributed by atoms with Crippen molar-refractivity contribution in [1.82, 2.24) is 14.8 Å². The summed E-state index contributed by atoms with van der Waals surface area (Å²) in [5, 5.41) is 0.922. The summed E-state index contributed by atoms with van der Waals surface area (Å²) in [4.78, 5) is 23.9. The fraction of sp³-hybridized carbons (Fsp3) is 0.391. The van der Waals surface area contributed by atoms with E-state index in [2.05, 4.69) is 4.90 Å². The van der Waals surface area contributed by atoms with Crippen LogP contribution in [-0.2, 0) is 0 Å². The molecule has 2 aromatic heterocycles. The average molecular weight is 426 g/mol. The molecule has 4 heterocycles. The van der Waals surface area contributed by atoms with Gasteiger partial charge in [-0.1, -0.05) is 29.8 Å². The van der Waals surface area contributed by atoms with Gasteiger partial charge in [-0.05, 0) is 63.0 Å². The molecule has 2 fully saturated rings. The second-order valence-electron chi connectivity index (χ2n) is 7.94. The zero-order valence-corrected chi connectivity index (χ0v) is 17.9. The third kappa shape index (κ3) is 3.79. The third-order valence-corrected chi connectivity index (χ3v) is 7.43. The van der Waals surface area contributed by atoms with Crippen LogP contribution in [0.5, 0.6) is 0 Å². The average Bonchev–Trinajstić information content (AvgIpc) is 3.45. The van der Waals surface area contributed by atoms with E-state index in [1.54, 1.807) is 0 Å². The van der Waals surface area contributed by atoms with Gasteiger partial charge >= 0.3 is 0 Å². The largest absolute Gasteiger partial charge is 0.339 e. The summed E-state index contributed by atoms with van der Waals surface area (Å²) in [5.74, 6) is 0.118. The van der Waals surface area contributed by atoms with E-state index in [9.17, 15) is 4.79 Å². The van der Waals surface area contributed by atoms with Crippen LogP contribution in [0, 0.1) is 0 Å². The second kappa shape index (κ2) is 8.05. The van der Waals surface area contributed by atoms with Crippen molar-refractivity contribution in [3.05, 3.63) is 52.4 Å². The van der Waals surface area contributed by atoms with Crippen molar-refractivity contribution in [3.63, 3.8) is 0 Å². The molecule has 0 aliphatic carbocycles. The molecule has 0 radical (unpaired) electrons. The van der Waals surface area contributed by atoms with Crippen molar-refractivity contribution >= 4 is 39.7 Å². The molecule has 2 saturated heterocycles. The normalized spacial score (nSPS) is 18.6. The Bertz CT molecular complexity index is 1040. The highest BCUT2D eigenvalue weighted by Crippen LogP contribution is 2.33. The van der Waals surface area contributed by atoms with Gasteiger partial charge in [-0.3, -0.25) is 4.79 Å². The number of nitrogens with zero attached hydrogens (tertiary/aromatic N) is 3. The number of amides is 1. The van der Waals surface area contributed by atoms with Crippen molar-refractivity contribution in [2.45, 2.75) is 31.7 Å². The lowest BCUT2D eigenvalue weighted by Gasteiger charge is -2.36. The van der Waals surface area contributed by atoms with E-state index in [0.717, 1.165) is 57.3 Å². The Morgan fingerprint density at radius 2 is 1.79 bits per heavy atom. The predicted molar refractivity (Wildman–Crippen MR) is 120 cm³/mol. The first-order valence-electron chi connectivity index (χ1n) is 10.4. The van der Waals surface area contributed by atoms with Crippen molar-refractivity contribution < 1.29 is 4.79 Å². The monoisotopic (exact) mass is 425 g/mol. The summed E-state index contributed by atoms with van der Waals surface area (Å²) in [6.07, 6.45) is 4.78. The smallest absolute Gasteiger partial charge is 0.254 e. The number of carbonyl (C=O) groups is 1. The Morgan fingerprint density at radius 1 is 1.03 bits per heavy atom. The molecule has 5 rings (SSSR count). The number of aromatic nitrogens is 1. The molecule has 1 amide bonds. The maximum atomic E-state index is 13.5. The first-order valence-corrected chi connectivity index (χ1v) is 11.6. The lowest BCUT2D eigenvalue weighted by molar-refractivity contribution is 0.0646. The van der Waals surface area contributed by atoms with Crippen LogP contribution in [-0.4, -0.2) is 52.9 Å². The minimum absolute atomic E-state index is 0.118. The molecule has 4 nitrogen and oxygen atoms in total. The van der Waals surface area contributed by atoms with Crippen molar-refractivity contribution in [2.75, 3.05) is 26.2 Å². The number of hydrogen-bond donors (Lipinski definition) is 0. The highest BCUT2D eigenvalue weighted by atomic mass is 35.5. The van der Waals surface area contributed by atoms with E-state index in [0.29, 0.717) is 6.04 Å². The molecule has 0 unspecified atom stereocenters. The summed E-state index contributed by atoms with van der Waals surface area (Å²) in [7, 11) is 0. The van der Waals surface area contributed by atoms with Crippen LogP contribution in [0.25, 0.3) is 21.5 Å². The van der Waals surface area contributed by atoms with Gasteiger partial charge in [0.25, 0.3) is 5.91 Å². The van der Waals surface area contributed by atoms with E-state index >= 15 is 0 Å². The van der Waals surface area contributed by atoms with Gasteiger partial charge in [0.1, 0.15) is 0 Å². The number of thiophene rings is 1. The molecule has 0 spiro atoms. The van der Waals surface area contributed by atoms with Gasteiger partial charge in [-0.25, -0.2) is 4.98 Å². The van der Waals surface area contributed by atoms with E-state index in [4.69, 9.17) is 16.6 Å². The Kier molecular flexibility index (Phi) is 5.29. The standard InChI is InChI=1S/C23H24ClN3OS/c24-22-8-7-21(29-22)20-15-18(17-5-1-2-6-19(17)25-20)23(28)27-13-9-16(10-14-27)26-11-3-4-12-26/h1-2,5-8,15-16H,3-4,9-14H2. The number of carbonyl (C=O) groups excluding carboxylic acids is 1. The molecule has 3 aromatic rings. The number of fused-ring (bicyclic) bond motifs is 1. The topological polar surface area (TPSA) is 36.4 Å². The van der Waals surface area contributed by atoms with Gasteiger partial charge in [0.05, 0.1) is 26.0 Å². The number of pyridine rings is 1. The van der Waals surface area contributed by atoms with Gasteiger partial charge < -0.3 is 9.80 Å². The quantitative estimate of drug-likeness (QED) is 0.570. The lowest BCUT2D eigenvalue weighted by atomic mass is 10.0. The summed E-state index contributed by atoms with van der Waals surface area (Å²) in [6.45, 7) is 4.11. The molecule has 0 saturated carbocycles. The minimum atomic E-state index is 0.118. The maximum absolute atomic E-state index is 13.5. The first kappa shape index (κ1) is 19.0. The molecule has 0 N–H and O–H groups in total. The van der Waals surface area contributed by atoms with Gasteiger partial charge in [0, 0.05) is 24.5 Å². The molecule has 150 valence electrons. The molecular formula is C23H24ClN3OS. The molecule has 0 bridgehead atoms. The molecule has 29 heavy (non-hydrogen) atoms. The molecule has 2 aliphatic heterocycles. The Hall–Kier alpha value is -1.95. The summed E-state index contributed by atoms with van der Waals surface area (Å²) < 4.78 is 0.729. The van der Waals surface area contributed by atoms with E-state index in [1.165, 1.54) is 37.3 Å². The number of piperidine rings is 1. The van der Waals surface area contributed by atoms with Crippen LogP contribution in [0.15, 0.2) is 42.5 Å². The fourth-order valence-electron chi connectivity index (χ4n) is 4.64. The molecular weight excluding hydrogens is 402 g/mol. The zero-order valence-electron chi connectivity index (χ0n) is 16.3. The SMILES string of the molecule is O=C(c1cc(-c2ccc(Cl)s2)nc2ccccc12)N1CCC(N2CCCC2)CC1. The lowest BCUT2D eigenvalue weighted by Crippen LogP contribution is -2.45. The van der Waals surface area contributed by atoms with Crippen LogP contribution < -0.4 is 0 Å². The summed E-state index contributed by atoms with van der Waals surface area (Å²) in [5.41, 5.74) is 2.41. The third-order valence-electron chi connectivity index (χ3n) is 6.18. The first-order chi connectivity index (χ1) is 14.2. The van der Waals surface area contributed by atoms with E-state index in [1.807, 2.05) is 47.4 Å². The number of hydrogen-bond acceptors (Lipinski definition) is 4. The van der Waals surface area contributed by atoms with Gasteiger partial charge in [0.2, 0.25) is 0 Å². The van der Waals surface area contributed by atoms with Gasteiger partial charge in [0.15, 0.2) is 0 Å². The van der Waals surface area contributed by atoms with Gasteiger partial charge in [-0.2, -0.15) is 0 Å². The molecule has 2 aliphatic rings. The Labute approximate surface area is 180 Å². The van der Waals surface area contributed by atoms with Crippen LogP contribution >= 0.6 is 22.9 Å². The van der Waals surface area contributed by atoms with E-state index in [-0.39, 0.29) is 5.91 Å². The van der Waals surface area contributed by atoms with E-state index < -0.39 is 0 Å². The van der Waals surface area contributed by atoms with Crippen LogP contribution in [0.4, 0.5) is 0 Å². The maximum Gasteiger partial charge on any atom is 0.254 e. The number of para-hydroxylation sites is 1. The second-order valence-corrected chi connectivity index (χ2v) is 9.66. The fourth-order valence-corrected chi connectivity index (χ4v) is 5.65. The highest BCUT2D eigenvalue weighted by molar-refractivity contribution is 7.19. The number of benzene rings is 1. The highest BCUT2D eigenvalue weighted by Gasteiger charge is 2.29. The zero-order chi connectivity index (χ0) is 19.8. The van der Waals surface area contributed by atoms with Crippen molar-refractivity contribution in [3.8, 4) is 10.6 Å². The number of rotatable bonds is 3. The number of likely N-dealkylation sites (tertiary alicyclic amines) is 2. The molecule has 0 atom stereocenters. The van der Waals surface area contributed by atoms with Crippen LogP contribution in [0.1, 0.15) is 36.0 Å². The van der Waals surface area contributed by atoms with Crippen LogP contribution in [0.3, 0.4) is 0 Å². The summed E-state index contributed by atoms with van der Waals surface area (Å²) >= 11 is 7.62. The predicted octanol–water partition coefficient (Wildman–Crippen LogP) is 5.32. The van der Waals surface area contributed by atoms with Gasteiger partial charge in [-0.15, -0.1) is 11.3 Å². The molecule has 6 heteroatoms. The Balaban J connectivity index is 1.43. The van der Waals surface area contributed by atoms with Crippen LogP contribution in [0.2, 0.25) is 4.34 Å². The van der Waals surface area contributed by atoms with Crippen molar-refractivity contribution in [2.24, 2.45) is 0 Å². The minimum Gasteiger partial charge on any atom is -0.339 e. The number of halogens is 1.